The van der Waals surface area contributed by atoms with Gasteiger partial charge in [-0.3, -0.25) is 4.90 Å². The maximum Gasteiger partial charge on any atom is 0.437 e. The molecule has 0 bridgehead atoms. The van der Waals surface area contributed by atoms with Crippen LogP contribution < -0.4 is 15.0 Å². The van der Waals surface area contributed by atoms with Crippen LogP contribution >= 0.6 is 0 Å². The summed E-state index contributed by atoms with van der Waals surface area (Å²) in [6.07, 6.45) is -1.75. The number of nitrogens with zero attached hydrogens (tertiary/aromatic N) is 5. The van der Waals surface area contributed by atoms with Crippen molar-refractivity contribution >= 4 is 23.3 Å². The fourth-order valence-corrected chi connectivity index (χ4v) is 6.04. The van der Waals surface area contributed by atoms with E-state index in [0.29, 0.717) is 69.6 Å². The number of hydrogen-bond acceptors (Lipinski definition) is 9. The van der Waals surface area contributed by atoms with Gasteiger partial charge in [0.1, 0.15) is 18.0 Å². The van der Waals surface area contributed by atoms with Crippen LogP contribution in [0.25, 0.3) is 0 Å². The number of piperidine rings is 1. The third-order valence-electron chi connectivity index (χ3n) is 8.22. The number of fused-ring (bicyclic) bond motifs is 2. The highest BCUT2D eigenvalue weighted by Gasteiger charge is 2.42. The Balaban J connectivity index is 1.17. The number of alkyl halides is 3. The Morgan fingerprint density at radius 2 is 1.81 bits per heavy atom. The van der Waals surface area contributed by atoms with Gasteiger partial charge in [0.15, 0.2) is 11.4 Å². The van der Waals surface area contributed by atoms with Gasteiger partial charge < -0.3 is 29.3 Å². The Morgan fingerprint density at radius 3 is 2.48 bits per heavy atom. The second kappa shape index (κ2) is 11.1. The number of halogens is 3. The molecule has 0 spiro atoms. The van der Waals surface area contributed by atoms with Gasteiger partial charge in [0.05, 0.1) is 24.5 Å². The van der Waals surface area contributed by atoms with Crippen LogP contribution in [-0.4, -0.2) is 90.0 Å². The van der Waals surface area contributed by atoms with Crippen LogP contribution in [0.1, 0.15) is 56.5 Å². The molecule has 42 heavy (non-hydrogen) atoms. The van der Waals surface area contributed by atoms with Gasteiger partial charge in [0, 0.05) is 68.8 Å². The molecule has 0 atom stereocenters. The van der Waals surface area contributed by atoms with Crippen molar-refractivity contribution in [3.63, 3.8) is 0 Å². The highest BCUT2D eigenvalue weighted by molar-refractivity contribution is 5.74. The number of likely N-dealkylation sites (tertiary alicyclic amines) is 2. The molecule has 0 aromatic carbocycles. The molecule has 10 nitrogen and oxygen atoms in total. The van der Waals surface area contributed by atoms with Gasteiger partial charge in [-0.1, -0.05) is 0 Å². The number of carbonyl (C=O) groups excluding carboxylic acids is 1. The molecule has 0 unspecified atom stereocenters. The maximum absolute atomic E-state index is 14.3. The van der Waals surface area contributed by atoms with Gasteiger partial charge in [-0.2, -0.15) is 13.2 Å². The minimum atomic E-state index is -4.68. The number of morpholine rings is 1. The predicted octanol–water partition coefficient (Wildman–Crippen LogP) is 4.77. The van der Waals surface area contributed by atoms with Crippen molar-refractivity contribution in [3.05, 3.63) is 35.3 Å². The number of amides is 1. The molecule has 4 aliphatic heterocycles. The molecule has 1 amide bonds. The quantitative estimate of drug-likeness (QED) is 0.543. The zero-order valence-electron chi connectivity index (χ0n) is 24.2. The molecular formula is C29H37F3N6O4. The van der Waals surface area contributed by atoms with Gasteiger partial charge in [-0.15, -0.1) is 0 Å². The summed E-state index contributed by atoms with van der Waals surface area (Å²) < 4.78 is 59.6. The molecule has 2 aromatic rings. The van der Waals surface area contributed by atoms with Crippen molar-refractivity contribution < 1.29 is 32.2 Å². The van der Waals surface area contributed by atoms with E-state index in [4.69, 9.17) is 14.2 Å². The summed E-state index contributed by atoms with van der Waals surface area (Å²) in [7, 11) is 0. The normalized spacial score (nSPS) is 20.5. The van der Waals surface area contributed by atoms with E-state index in [1.807, 2.05) is 26.8 Å². The first-order chi connectivity index (χ1) is 20.0. The number of rotatable bonds is 3. The Kier molecular flexibility index (Phi) is 7.58. The van der Waals surface area contributed by atoms with Gasteiger partial charge in [-0.05, 0) is 45.7 Å². The summed E-state index contributed by atoms with van der Waals surface area (Å²) in [5, 5.41) is 3.15. The molecular weight excluding hydrogens is 553 g/mol. The summed E-state index contributed by atoms with van der Waals surface area (Å²) in [5.41, 5.74) is 0.620. The second-order valence-electron chi connectivity index (χ2n) is 12.3. The van der Waals surface area contributed by atoms with Crippen molar-refractivity contribution in [1.29, 1.82) is 0 Å². The van der Waals surface area contributed by atoms with Gasteiger partial charge in [0.25, 0.3) is 0 Å². The Labute approximate surface area is 243 Å². The lowest BCUT2D eigenvalue weighted by atomic mass is 9.90. The average Bonchev–Trinajstić information content (AvgIpc) is 3.10. The average molecular weight is 591 g/mol. The van der Waals surface area contributed by atoms with E-state index in [-0.39, 0.29) is 36.1 Å². The number of carbonyl (C=O) groups is 1. The molecule has 3 saturated heterocycles. The molecule has 3 fully saturated rings. The number of pyridine rings is 2. The number of nitrogens with one attached hydrogen (secondary N) is 1. The van der Waals surface area contributed by atoms with E-state index in [2.05, 4.69) is 25.1 Å². The molecule has 1 N–H and O–H groups in total. The molecule has 2 aromatic heterocycles. The molecule has 0 aliphatic carbocycles. The summed E-state index contributed by atoms with van der Waals surface area (Å²) in [6, 6.07) is 3.80. The van der Waals surface area contributed by atoms with Crippen LogP contribution in [0.15, 0.2) is 18.3 Å². The molecule has 13 heteroatoms. The fourth-order valence-electron chi connectivity index (χ4n) is 6.04. The van der Waals surface area contributed by atoms with Crippen LogP contribution in [0.4, 0.5) is 35.2 Å². The highest BCUT2D eigenvalue weighted by atomic mass is 19.4. The lowest BCUT2D eigenvalue weighted by molar-refractivity contribution is -0.142. The number of hydrogen-bond donors (Lipinski definition) is 1. The molecule has 6 heterocycles. The van der Waals surface area contributed by atoms with E-state index < -0.39 is 17.5 Å². The van der Waals surface area contributed by atoms with Gasteiger partial charge >= 0.3 is 12.3 Å². The lowest BCUT2D eigenvalue weighted by Crippen LogP contribution is -2.55. The van der Waals surface area contributed by atoms with Crippen LogP contribution in [0.2, 0.25) is 0 Å². The van der Waals surface area contributed by atoms with Crippen molar-refractivity contribution in [2.24, 2.45) is 0 Å². The molecule has 4 aliphatic rings. The number of ether oxygens (including phenoxy) is 3. The van der Waals surface area contributed by atoms with E-state index in [9.17, 15) is 18.0 Å². The zero-order chi connectivity index (χ0) is 29.6. The minimum absolute atomic E-state index is 0.0564. The van der Waals surface area contributed by atoms with E-state index in [1.54, 1.807) is 17.2 Å². The monoisotopic (exact) mass is 590 g/mol. The summed E-state index contributed by atoms with van der Waals surface area (Å²) in [5.74, 6) is 0.0373. The first-order valence-electron chi connectivity index (χ1n) is 14.5. The third kappa shape index (κ3) is 5.94. The fraction of sp³-hybridized carbons (Fsp3) is 0.621. The number of aromatic nitrogens is 2. The largest absolute Gasteiger partial charge is 0.484 e. The van der Waals surface area contributed by atoms with Crippen molar-refractivity contribution in [2.45, 2.75) is 64.0 Å². The zero-order valence-corrected chi connectivity index (χ0v) is 24.2. The Hall–Kier alpha value is -3.32. The van der Waals surface area contributed by atoms with Crippen LogP contribution in [-0.2, 0) is 22.3 Å². The van der Waals surface area contributed by atoms with Crippen molar-refractivity contribution in [3.8, 4) is 5.75 Å². The van der Waals surface area contributed by atoms with Gasteiger partial charge in [0.2, 0.25) is 0 Å². The molecule has 0 saturated carbocycles. The summed E-state index contributed by atoms with van der Waals surface area (Å²) in [6.45, 7) is 10.4. The molecule has 6 rings (SSSR count). The minimum Gasteiger partial charge on any atom is -0.484 e. The van der Waals surface area contributed by atoms with Crippen LogP contribution in [0.3, 0.4) is 0 Å². The summed E-state index contributed by atoms with van der Waals surface area (Å²) >= 11 is 0. The Bertz CT molecular complexity index is 1310. The van der Waals surface area contributed by atoms with E-state index >= 15 is 0 Å². The molecule has 0 radical (unpaired) electrons. The first-order valence-corrected chi connectivity index (χ1v) is 14.5. The second-order valence-corrected chi connectivity index (χ2v) is 12.3. The van der Waals surface area contributed by atoms with E-state index in [1.165, 1.54) is 0 Å². The SMILES string of the molecule is CC(C)(C)OC(=O)N1CCC(N2CC(c3cc4c(c(C(F)(F)F)n3)OCc3c(N5CCOCC5)ccnc3N4)C2)CC1. The van der Waals surface area contributed by atoms with E-state index in [0.717, 1.165) is 18.5 Å². The first kappa shape index (κ1) is 28.8. The predicted molar refractivity (Wildman–Crippen MR) is 149 cm³/mol. The molecule has 228 valence electrons. The maximum atomic E-state index is 14.3. The third-order valence-corrected chi connectivity index (χ3v) is 8.22. The summed E-state index contributed by atoms with van der Waals surface area (Å²) in [4.78, 5) is 27.1. The highest BCUT2D eigenvalue weighted by Crippen LogP contribution is 2.45. The smallest absolute Gasteiger partial charge is 0.437 e. The van der Waals surface area contributed by atoms with Crippen LogP contribution in [0, 0.1) is 0 Å². The van der Waals surface area contributed by atoms with Crippen molar-refractivity contribution in [2.75, 3.05) is 62.7 Å². The lowest BCUT2D eigenvalue weighted by Gasteiger charge is -2.47. The Morgan fingerprint density at radius 1 is 1.10 bits per heavy atom. The standard InChI is InChI=1S/C29H37F3N6O4/c1-28(2,3)42-27(39)37-8-5-19(6-9-37)38-15-18(16-38)21-14-22-24(25(34-21)29(30,31)32)41-17-20-23(4-7-33-26(20)35-22)36-10-12-40-13-11-36/h4,7,14,18-19H,5-6,8-13,15-17H2,1-3H3,(H,33,35). The van der Waals surface area contributed by atoms with Gasteiger partial charge in [-0.25, -0.2) is 14.8 Å². The topological polar surface area (TPSA) is 92.3 Å². The van der Waals surface area contributed by atoms with Crippen LogP contribution in [0.5, 0.6) is 5.75 Å². The van der Waals surface area contributed by atoms with Crippen molar-refractivity contribution in [1.82, 2.24) is 19.8 Å². The number of anilines is 3.